The minimum atomic E-state index is -2.73. The van der Waals surface area contributed by atoms with Gasteiger partial charge in [0.25, 0.3) is 6.43 Å². The van der Waals surface area contributed by atoms with Gasteiger partial charge in [-0.1, -0.05) is 0 Å². The topological polar surface area (TPSA) is 61.0 Å². The number of halogens is 2. The number of hydrogen-bond donors (Lipinski definition) is 1. The summed E-state index contributed by atoms with van der Waals surface area (Å²) in [5, 5.41) is 0.503. The van der Waals surface area contributed by atoms with Gasteiger partial charge in [0.05, 0.1) is 12.6 Å². The van der Waals surface area contributed by atoms with Crippen LogP contribution in [0.2, 0.25) is 0 Å². The predicted molar refractivity (Wildman–Crippen MR) is 55.5 cm³/mol. The zero-order chi connectivity index (χ0) is 11.7. The van der Waals surface area contributed by atoms with Gasteiger partial charge in [0.1, 0.15) is 11.6 Å². The third-order valence-electron chi connectivity index (χ3n) is 2.14. The van der Waals surface area contributed by atoms with E-state index < -0.39 is 12.2 Å². The zero-order valence-electron chi connectivity index (χ0n) is 8.45. The van der Waals surface area contributed by atoms with Crippen LogP contribution in [0, 0.1) is 0 Å². The molecule has 0 aliphatic carbocycles. The molecular weight excluding hydrogens is 216 g/mol. The number of aromatic nitrogens is 2. The standard InChI is InChI=1S/C10H9F2N3O/c1-16-5-2-3-7-6(4-5)9(13)15-10(14-7)8(11)12/h2-4,8H,1H3,(H2,13,14,15). The SMILES string of the molecule is COc1ccc2nc(C(F)F)nc(N)c2c1. The minimum Gasteiger partial charge on any atom is -0.497 e. The molecule has 0 radical (unpaired) electrons. The average Bonchev–Trinajstić information content (AvgIpc) is 2.28. The monoisotopic (exact) mass is 225 g/mol. The van der Waals surface area contributed by atoms with Crippen molar-refractivity contribution in [3.8, 4) is 5.75 Å². The van der Waals surface area contributed by atoms with Gasteiger partial charge in [0, 0.05) is 5.39 Å². The Morgan fingerprint density at radius 1 is 1.31 bits per heavy atom. The van der Waals surface area contributed by atoms with Crippen molar-refractivity contribution in [3.05, 3.63) is 24.0 Å². The molecule has 0 fully saturated rings. The number of methoxy groups -OCH3 is 1. The third kappa shape index (κ3) is 1.73. The Hall–Kier alpha value is -1.98. The number of alkyl halides is 2. The molecule has 0 spiro atoms. The van der Waals surface area contributed by atoms with E-state index in [0.29, 0.717) is 16.7 Å². The van der Waals surface area contributed by atoms with Crippen molar-refractivity contribution >= 4 is 16.7 Å². The van der Waals surface area contributed by atoms with Crippen LogP contribution in [0.5, 0.6) is 5.75 Å². The van der Waals surface area contributed by atoms with Crippen molar-refractivity contribution in [2.24, 2.45) is 0 Å². The Bertz CT molecular complexity index is 531. The first-order valence-electron chi connectivity index (χ1n) is 4.51. The van der Waals surface area contributed by atoms with E-state index >= 15 is 0 Å². The van der Waals surface area contributed by atoms with E-state index in [1.54, 1.807) is 18.2 Å². The van der Waals surface area contributed by atoms with Gasteiger partial charge < -0.3 is 10.5 Å². The lowest BCUT2D eigenvalue weighted by molar-refractivity contribution is 0.141. The van der Waals surface area contributed by atoms with Crippen molar-refractivity contribution in [3.63, 3.8) is 0 Å². The molecule has 0 aliphatic rings. The van der Waals surface area contributed by atoms with E-state index in [0.717, 1.165) is 0 Å². The Morgan fingerprint density at radius 3 is 2.69 bits per heavy atom. The maximum absolute atomic E-state index is 12.4. The van der Waals surface area contributed by atoms with Gasteiger partial charge in [0.15, 0.2) is 5.82 Å². The fourth-order valence-corrected chi connectivity index (χ4v) is 1.37. The maximum Gasteiger partial charge on any atom is 0.297 e. The van der Waals surface area contributed by atoms with E-state index in [4.69, 9.17) is 10.5 Å². The summed E-state index contributed by atoms with van der Waals surface area (Å²) in [6, 6.07) is 4.81. The summed E-state index contributed by atoms with van der Waals surface area (Å²) in [6.07, 6.45) is -2.73. The highest BCUT2D eigenvalue weighted by atomic mass is 19.3. The van der Waals surface area contributed by atoms with Gasteiger partial charge in [-0.2, -0.15) is 0 Å². The van der Waals surface area contributed by atoms with Gasteiger partial charge in [-0.3, -0.25) is 0 Å². The van der Waals surface area contributed by atoms with E-state index in [-0.39, 0.29) is 5.82 Å². The molecule has 2 aromatic rings. The van der Waals surface area contributed by atoms with Gasteiger partial charge >= 0.3 is 0 Å². The van der Waals surface area contributed by atoms with Gasteiger partial charge in [-0.25, -0.2) is 18.7 Å². The first kappa shape index (κ1) is 10.5. The molecule has 0 atom stereocenters. The Labute approximate surface area is 90.1 Å². The molecule has 0 unspecified atom stereocenters. The van der Waals surface area contributed by atoms with Crippen molar-refractivity contribution in [2.75, 3.05) is 12.8 Å². The summed E-state index contributed by atoms with van der Waals surface area (Å²) in [7, 11) is 1.51. The van der Waals surface area contributed by atoms with Crippen molar-refractivity contribution in [2.45, 2.75) is 6.43 Å². The molecule has 0 saturated carbocycles. The number of ether oxygens (including phenoxy) is 1. The van der Waals surface area contributed by atoms with Crippen molar-refractivity contribution in [1.29, 1.82) is 0 Å². The van der Waals surface area contributed by atoms with Gasteiger partial charge in [-0.15, -0.1) is 0 Å². The van der Waals surface area contributed by atoms with E-state index in [9.17, 15) is 8.78 Å². The number of rotatable bonds is 2. The highest BCUT2D eigenvalue weighted by molar-refractivity contribution is 5.89. The van der Waals surface area contributed by atoms with E-state index in [1.807, 2.05) is 0 Å². The fraction of sp³-hybridized carbons (Fsp3) is 0.200. The Balaban J connectivity index is 2.66. The summed E-state index contributed by atoms with van der Waals surface area (Å²) in [4.78, 5) is 7.25. The first-order chi connectivity index (χ1) is 7.61. The van der Waals surface area contributed by atoms with Crippen molar-refractivity contribution < 1.29 is 13.5 Å². The Morgan fingerprint density at radius 2 is 2.06 bits per heavy atom. The zero-order valence-corrected chi connectivity index (χ0v) is 8.45. The van der Waals surface area contributed by atoms with E-state index in [2.05, 4.69) is 9.97 Å². The Kier molecular flexibility index (Phi) is 2.55. The molecule has 6 heteroatoms. The van der Waals surface area contributed by atoms with Crippen LogP contribution in [-0.4, -0.2) is 17.1 Å². The number of benzene rings is 1. The fourth-order valence-electron chi connectivity index (χ4n) is 1.37. The number of anilines is 1. The minimum absolute atomic E-state index is 0.0270. The van der Waals surface area contributed by atoms with Crippen LogP contribution >= 0.6 is 0 Å². The van der Waals surface area contributed by atoms with Crippen molar-refractivity contribution in [1.82, 2.24) is 9.97 Å². The molecule has 0 saturated heterocycles. The van der Waals surface area contributed by atoms with Gasteiger partial charge in [-0.05, 0) is 18.2 Å². The molecule has 1 aromatic heterocycles. The largest absolute Gasteiger partial charge is 0.497 e. The average molecular weight is 225 g/mol. The van der Waals surface area contributed by atoms with Crippen LogP contribution in [0.3, 0.4) is 0 Å². The normalized spacial score (nSPS) is 11.0. The quantitative estimate of drug-likeness (QED) is 0.850. The molecule has 4 nitrogen and oxygen atoms in total. The van der Waals surface area contributed by atoms with Crippen LogP contribution in [0.4, 0.5) is 14.6 Å². The molecule has 0 aliphatic heterocycles. The highest BCUT2D eigenvalue weighted by Crippen LogP contribution is 2.25. The molecule has 2 N–H and O–H groups in total. The van der Waals surface area contributed by atoms with Gasteiger partial charge in [0.2, 0.25) is 0 Å². The lowest BCUT2D eigenvalue weighted by Gasteiger charge is -2.06. The second kappa shape index (κ2) is 3.88. The molecule has 16 heavy (non-hydrogen) atoms. The predicted octanol–water partition coefficient (Wildman–Crippen LogP) is 2.16. The number of nitrogen functional groups attached to an aromatic ring is 1. The molecule has 0 bridgehead atoms. The van der Waals surface area contributed by atoms with E-state index in [1.165, 1.54) is 7.11 Å². The number of nitrogens with zero attached hydrogens (tertiary/aromatic N) is 2. The number of hydrogen-bond acceptors (Lipinski definition) is 4. The number of nitrogens with two attached hydrogens (primary N) is 1. The van der Waals surface area contributed by atoms with Crippen LogP contribution < -0.4 is 10.5 Å². The van der Waals surface area contributed by atoms with Crippen LogP contribution in [0.25, 0.3) is 10.9 Å². The third-order valence-corrected chi connectivity index (χ3v) is 2.14. The second-order valence-corrected chi connectivity index (χ2v) is 3.15. The molecule has 1 heterocycles. The lowest BCUT2D eigenvalue weighted by Crippen LogP contribution is -2.01. The first-order valence-corrected chi connectivity index (χ1v) is 4.51. The summed E-state index contributed by atoms with van der Waals surface area (Å²) < 4.78 is 29.8. The molecular formula is C10H9F2N3O. The summed E-state index contributed by atoms with van der Waals surface area (Å²) in [5.41, 5.74) is 5.96. The highest BCUT2D eigenvalue weighted by Gasteiger charge is 2.14. The van der Waals surface area contributed by atoms with Crippen LogP contribution in [-0.2, 0) is 0 Å². The maximum atomic E-state index is 12.4. The summed E-state index contributed by atoms with van der Waals surface area (Å²) in [5.74, 6) is 0.0435. The molecule has 84 valence electrons. The second-order valence-electron chi connectivity index (χ2n) is 3.15. The number of fused-ring (bicyclic) bond motifs is 1. The molecule has 1 aromatic carbocycles. The summed E-state index contributed by atoms with van der Waals surface area (Å²) >= 11 is 0. The molecule has 0 amide bonds. The van der Waals surface area contributed by atoms with Crippen LogP contribution in [0.1, 0.15) is 12.2 Å². The lowest BCUT2D eigenvalue weighted by atomic mass is 10.2. The molecule has 2 rings (SSSR count). The van der Waals surface area contributed by atoms with Crippen LogP contribution in [0.15, 0.2) is 18.2 Å². The summed E-state index contributed by atoms with van der Waals surface area (Å²) in [6.45, 7) is 0. The smallest absolute Gasteiger partial charge is 0.297 e.